The number of aryl methyl sites for hydroxylation is 1. The van der Waals surface area contributed by atoms with E-state index in [1.54, 1.807) is 0 Å². The van der Waals surface area contributed by atoms with Crippen LogP contribution in [0.4, 0.5) is 5.69 Å². The Balaban J connectivity index is 2.16. The van der Waals surface area contributed by atoms with Gasteiger partial charge in [-0.3, -0.25) is 4.98 Å². The SMILES string of the molecule is Nc1c(Cl)cc(Br)c2c1CCc1cc(Br)cnc1C2. The van der Waals surface area contributed by atoms with Crippen molar-refractivity contribution in [2.45, 2.75) is 19.3 Å². The Hall–Kier alpha value is -0.580. The lowest BCUT2D eigenvalue weighted by Crippen LogP contribution is -2.01. The highest BCUT2D eigenvalue weighted by molar-refractivity contribution is 9.10. The third-order valence-corrected chi connectivity index (χ3v) is 4.96. The number of anilines is 1. The van der Waals surface area contributed by atoms with Crippen LogP contribution in [0.1, 0.15) is 22.4 Å². The van der Waals surface area contributed by atoms with Gasteiger partial charge in [0.1, 0.15) is 0 Å². The molecule has 1 aliphatic rings. The molecule has 1 aromatic carbocycles. The smallest absolute Gasteiger partial charge is 0.0649 e. The van der Waals surface area contributed by atoms with E-state index >= 15 is 0 Å². The van der Waals surface area contributed by atoms with Gasteiger partial charge in [-0.25, -0.2) is 0 Å². The van der Waals surface area contributed by atoms with E-state index in [1.165, 1.54) is 11.1 Å². The number of pyridine rings is 1. The lowest BCUT2D eigenvalue weighted by atomic mass is 10.0. The Bertz CT molecular complexity index is 671. The average Bonchev–Trinajstić information content (AvgIpc) is 2.56. The third kappa shape index (κ3) is 2.41. The van der Waals surface area contributed by atoms with Crippen LogP contribution < -0.4 is 5.73 Å². The van der Waals surface area contributed by atoms with Crippen molar-refractivity contribution in [1.82, 2.24) is 4.98 Å². The fraction of sp³-hybridized carbons (Fsp3) is 0.214. The minimum atomic E-state index is 0.616. The highest BCUT2D eigenvalue weighted by Crippen LogP contribution is 2.37. The lowest BCUT2D eigenvalue weighted by molar-refractivity contribution is 0.951. The van der Waals surface area contributed by atoms with E-state index in [0.717, 1.165) is 39.5 Å². The van der Waals surface area contributed by atoms with E-state index in [4.69, 9.17) is 17.3 Å². The van der Waals surface area contributed by atoms with Crippen molar-refractivity contribution in [3.63, 3.8) is 0 Å². The number of nitrogens with zero attached hydrogens (tertiary/aromatic N) is 1. The van der Waals surface area contributed by atoms with E-state index in [-0.39, 0.29) is 0 Å². The molecule has 0 spiro atoms. The van der Waals surface area contributed by atoms with Crippen molar-refractivity contribution >= 4 is 49.1 Å². The molecule has 3 rings (SSSR count). The van der Waals surface area contributed by atoms with E-state index < -0.39 is 0 Å². The molecule has 0 saturated carbocycles. The number of rotatable bonds is 0. The zero-order valence-electron chi connectivity index (χ0n) is 10.0. The molecule has 0 saturated heterocycles. The highest BCUT2D eigenvalue weighted by atomic mass is 79.9. The fourth-order valence-corrected chi connectivity index (χ4v) is 3.86. The molecule has 0 aliphatic heterocycles. The summed E-state index contributed by atoms with van der Waals surface area (Å²) in [4.78, 5) is 4.53. The summed E-state index contributed by atoms with van der Waals surface area (Å²) in [6.07, 6.45) is 4.47. The van der Waals surface area contributed by atoms with Gasteiger partial charge < -0.3 is 5.73 Å². The van der Waals surface area contributed by atoms with Crippen LogP contribution in [0.5, 0.6) is 0 Å². The summed E-state index contributed by atoms with van der Waals surface area (Å²) in [6.45, 7) is 0. The lowest BCUT2D eigenvalue weighted by Gasteiger charge is -2.13. The maximum Gasteiger partial charge on any atom is 0.0649 e. The number of hydrogen-bond acceptors (Lipinski definition) is 2. The molecule has 98 valence electrons. The number of nitrogens with two attached hydrogens (primary N) is 1. The molecular formula is C14H11Br2ClN2. The second-order valence-corrected chi connectivity index (χ2v) is 6.82. The number of aromatic nitrogens is 1. The minimum Gasteiger partial charge on any atom is -0.397 e. The molecule has 2 N–H and O–H groups in total. The van der Waals surface area contributed by atoms with Crippen LogP contribution in [0.15, 0.2) is 27.3 Å². The molecule has 1 aliphatic carbocycles. The van der Waals surface area contributed by atoms with Crippen LogP contribution in [-0.2, 0) is 19.3 Å². The quantitative estimate of drug-likeness (QED) is 0.658. The molecule has 19 heavy (non-hydrogen) atoms. The molecule has 1 heterocycles. The molecular weight excluding hydrogens is 391 g/mol. The molecule has 0 atom stereocenters. The van der Waals surface area contributed by atoms with Crippen LogP contribution in [0.25, 0.3) is 0 Å². The van der Waals surface area contributed by atoms with Crippen molar-refractivity contribution < 1.29 is 0 Å². The van der Waals surface area contributed by atoms with Gasteiger partial charge in [0, 0.05) is 27.3 Å². The van der Waals surface area contributed by atoms with Gasteiger partial charge in [0.2, 0.25) is 0 Å². The van der Waals surface area contributed by atoms with E-state index in [9.17, 15) is 0 Å². The molecule has 0 bridgehead atoms. The Morgan fingerprint density at radius 2 is 1.95 bits per heavy atom. The second-order valence-electron chi connectivity index (χ2n) is 4.65. The molecule has 2 nitrogen and oxygen atoms in total. The number of benzene rings is 1. The Morgan fingerprint density at radius 1 is 1.16 bits per heavy atom. The summed E-state index contributed by atoms with van der Waals surface area (Å²) in [6, 6.07) is 4.01. The standard InChI is InChI=1S/C14H11Br2ClN2/c15-8-3-7-1-2-9-10(4-13(7)19-6-8)11(16)5-12(17)14(9)18/h3,5-6H,1-2,4,18H2. The van der Waals surface area contributed by atoms with Gasteiger partial charge in [-0.2, -0.15) is 0 Å². The van der Waals surface area contributed by atoms with Crippen molar-refractivity contribution in [2.75, 3.05) is 5.73 Å². The van der Waals surface area contributed by atoms with Crippen molar-refractivity contribution in [3.05, 3.63) is 54.7 Å². The maximum absolute atomic E-state index is 6.16. The molecule has 1 aromatic heterocycles. The van der Waals surface area contributed by atoms with E-state index in [0.29, 0.717) is 10.7 Å². The van der Waals surface area contributed by atoms with Crippen molar-refractivity contribution in [3.8, 4) is 0 Å². The van der Waals surface area contributed by atoms with Crippen LogP contribution in [0.3, 0.4) is 0 Å². The normalized spacial score (nSPS) is 13.6. The molecule has 0 unspecified atom stereocenters. The first-order valence-corrected chi connectivity index (χ1v) is 7.91. The van der Waals surface area contributed by atoms with Crippen molar-refractivity contribution in [1.29, 1.82) is 0 Å². The van der Waals surface area contributed by atoms with Crippen LogP contribution in [-0.4, -0.2) is 4.98 Å². The summed E-state index contributed by atoms with van der Waals surface area (Å²) in [5, 5.41) is 0.616. The van der Waals surface area contributed by atoms with Gasteiger partial charge in [0.25, 0.3) is 0 Å². The van der Waals surface area contributed by atoms with Gasteiger partial charge >= 0.3 is 0 Å². The monoisotopic (exact) mass is 400 g/mol. The summed E-state index contributed by atoms with van der Waals surface area (Å²) in [5.41, 5.74) is 11.6. The van der Waals surface area contributed by atoms with Crippen LogP contribution in [0.2, 0.25) is 5.02 Å². The Morgan fingerprint density at radius 3 is 2.74 bits per heavy atom. The molecule has 0 radical (unpaired) electrons. The van der Waals surface area contributed by atoms with Gasteiger partial charge in [0.05, 0.1) is 10.7 Å². The first-order chi connectivity index (χ1) is 9.06. The zero-order chi connectivity index (χ0) is 13.6. The average molecular weight is 403 g/mol. The summed E-state index contributed by atoms with van der Waals surface area (Å²) in [5.74, 6) is 0. The number of fused-ring (bicyclic) bond motifs is 2. The Kier molecular flexibility index (Phi) is 3.58. The summed E-state index contributed by atoms with van der Waals surface area (Å²) < 4.78 is 2.03. The highest BCUT2D eigenvalue weighted by Gasteiger charge is 2.20. The maximum atomic E-state index is 6.16. The number of halogens is 3. The topological polar surface area (TPSA) is 38.9 Å². The van der Waals surface area contributed by atoms with Crippen LogP contribution >= 0.6 is 43.5 Å². The van der Waals surface area contributed by atoms with E-state index in [1.807, 2.05) is 12.3 Å². The Labute approximate surface area is 133 Å². The van der Waals surface area contributed by atoms with Gasteiger partial charge in [-0.1, -0.05) is 27.5 Å². The predicted molar refractivity (Wildman–Crippen MR) is 85.7 cm³/mol. The zero-order valence-corrected chi connectivity index (χ0v) is 13.9. The van der Waals surface area contributed by atoms with Gasteiger partial charge in [-0.05, 0) is 57.6 Å². The van der Waals surface area contributed by atoms with E-state index in [2.05, 4.69) is 42.9 Å². The third-order valence-electron chi connectivity index (χ3n) is 3.50. The summed E-state index contributed by atoms with van der Waals surface area (Å²) >= 11 is 13.2. The number of nitrogen functional groups attached to an aromatic ring is 1. The second kappa shape index (κ2) is 5.08. The summed E-state index contributed by atoms with van der Waals surface area (Å²) in [7, 11) is 0. The predicted octanol–water partition coefficient (Wildman–Crippen LogP) is 4.53. The van der Waals surface area contributed by atoms with Crippen LogP contribution in [0, 0.1) is 0 Å². The van der Waals surface area contributed by atoms with Gasteiger partial charge in [0.15, 0.2) is 0 Å². The minimum absolute atomic E-state index is 0.616. The fourth-order valence-electron chi connectivity index (χ4n) is 2.52. The van der Waals surface area contributed by atoms with Crippen molar-refractivity contribution in [2.24, 2.45) is 0 Å². The van der Waals surface area contributed by atoms with Gasteiger partial charge in [-0.15, -0.1) is 0 Å². The largest absolute Gasteiger partial charge is 0.397 e. The number of hydrogen-bond donors (Lipinski definition) is 1. The molecule has 0 amide bonds. The molecule has 5 heteroatoms. The molecule has 0 fully saturated rings. The first-order valence-electron chi connectivity index (χ1n) is 5.95. The molecule has 2 aromatic rings. The first kappa shape index (κ1) is 13.4.